The fourth-order valence-corrected chi connectivity index (χ4v) is 3.26. The summed E-state index contributed by atoms with van der Waals surface area (Å²) in [4.78, 5) is 2.77. The van der Waals surface area contributed by atoms with Crippen LogP contribution < -0.4 is 10.1 Å². The summed E-state index contributed by atoms with van der Waals surface area (Å²) in [7, 11) is 1.73. The standard InChI is InChI=1S/C16H21NOS/c1-4-12-10-11-15(19-12)16(17-5-2)13-8-6-7-9-14(13)18-3/h6-11,16-17H,4-5H2,1-3H3. The Balaban J connectivity index is 2.38. The molecule has 1 aromatic carbocycles. The van der Waals surface area contributed by atoms with Crippen molar-refractivity contribution in [1.82, 2.24) is 5.32 Å². The molecule has 2 rings (SSSR count). The Morgan fingerprint density at radius 1 is 1.16 bits per heavy atom. The number of hydrogen-bond acceptors (Lipinski definition) is 3. The van der Waals surface area contributed by atoms with Gasteiger partial charge in [0.1, 0.15) is 5.75 Å². The smallest absolute Gasteiger partial charge is 0.124 e. The second-order valence-electron chi connectivity index (χ2n) is 4.39. The third-order valence-electron chi connectivity index (χ3n) is 3.17. The Labute approximate surface area is 119 Å². The van der Waals surface area contributed by atoms with Crippen molar-refractivity contribution < 1.29 is 4.74 Å². The van der Waals surface area contributed by atoms with Crippen molar-refractivity contribution in [1.29, 1.82) is 0 Å². The van der Waals surface area contributed by atoms with Gasteiger partial charge in [0.15, 0.2) is 0 Å². The average Bonchev–Trinajstić information content (AvgIpc) is 2.93. The fourth-order valence-electron chi connectivity index (χ4n) is 2.21. The molecular formula is C16H21NOS. The predicted octanol–water partition coefficient (Wildman–Crippen LogP) is 4.02. The highest BCUT2D eigenvalue weighted by Gasteiger charge is 2.18. The van der Waals surface area contributed by atoms with Gasteiger partial charge in [0, 0.05) is 15.3 Å². The minimum Gasteiger partial charge on any atom is -0.496 e. The minimum absolute atomic E-state index is 0.214. The lowest BCUT2D eigenvalue weighted by Gasteiger charge is -2.19. The molecule has 102 valence electrons. The number of hydrogen-bond donors (Lipinski definition) is 1. The number of nitrogens with one attached hydrogen (secondary N) is 1. The van der Waals surface area contributed by atoms with Gasteiger partial charge in [-0.05, 0) is 31.2 Å². The number of rotatable bonds is 6. The van der Waals surface area contributed by atoms with Gasteiger partial charge in [-0.15, -0.1) is 11.3 Å². The van der Waals surface area contributed by atoms with Gasteiger partial charge in [0.05, 0.1) is 13.2 Å². The van der Waals surface area contributed by atoms with Crippen molar-refractivity contribution in [2.75, 3.05) is 13.7 Å². The van der Waals surface area contributed by atoms with Crippen LogP contribution in [-0.2, 0) is 6.42 Å². The highest BCUT2D eigenvalue weighted by atomic mass is 32.1. The summed E-state index contributed by atoms with van der Waals surface area (Å²) in [6.45, 7) is 5.26. The summed E-state index contributed by atoms with van der Waals surface area (Å²) in [5.74, 6) is 0.944. The third kappa shape index (κ3) is 3.17. The van der Waals surface area contributed by atoms with Gasteiger partial charge in [0.25, 0.3) is 0 Å². The molecule has 0 bridgehead atoms. The molecule has 0 aliphatic carbocycles. The molecule has 1 atom stereocenters. The zero-order chi connectivity index (χ0) is 13.7. The van der Waals surface area contributed by atoms with Gasteiger partial charge in [-0.2, -0.15) is 0 Å². The van der Waals surface area contributed by atoms with Gasteiger partial charge < -0.3 is 10.1 Å². The van der Waals surface area contributed by atoms with Crippen LogP contribution in [0.15, 0.2) is 36.4 Å². The molecule has 0 aliphatic rings. The highest BCUT2D eigenvalue weighted by molar-refractivity contribution is 7.12. The topological polar surface area (TPSA) is 21.3 Å². The lowest BCUT2D eigenvalue weighted by atomic mass is 10.0. The molecule has 0 amide bonds. The molecule has 0 spiro atoms. The van der Waals surface area contributed by atoms with Gasteiger partial charge in [-0.25, -0.2) is 0 Å². The summed E-state index contributed by atoms with van der Waals surface area (Å²) in [6.07, 6.45) is 1.09. The zero-order valence-electron chi connectivity index (χ0n) is 11.8. The molecule has 1 unspecified atom stereocenters. The lowest BCUT2D eigenvalue weighted by molar-refractivity contribution is 0.404. The molecule has 2 nitrogen and oxygen atoms in total. The summed E-state index contributed by atoms with van der Waals surface area (Å²) in [5.41, 5.74) is 1.20. The molecule has 1 aromatic heterocycles. The maximum atomic E-state index is 5.49. The van der Waals surface area contributed by atoms with Crippen LogP contribution in [0.1, 0.15) is 35.2 Å². The van der Waals surface area contributed by atoms with E-state index in [4.69, 9.17) is 4.74 Å². The molecule has 0 saturated carbocycles. The molecule has 1 heterocycles. The van der Waals surface area contributed by atoms with E-state index in [0.717, 1.165) is 18.7 Å². The number of aryl methyl sites for hydroxylation is 1. The Morgan fingerprint density at radius 3 is 2.58 bits per heavy atom. The van der Waals surface area contributed by atoms with Crippen molar-refractivity contribution in [3.05, 3.63) is 51.7 Å². The number of methoxy groups -OCH3 is 1. The number of para-hydroxylation sites is 1. The van der Waals surface area contributed by atoms with E-state index in [-0.39, 0.29) is 6.04 Å². The second-order valence-corrected chi connectivity index (χ2v) is 5.59. The molecule has 3 heteroatoms. The van der Waals surface area contributed by atoms with Crippen molar-refractivity contribution in [3.8, 4) is 5.75 Å². The first-order valence-electron chi connectivity index (χ1n) is 6.75. The van der Waals surface area contributed by atoms with E-state index in [2.05, 4.69) is 43.4 Å². The minimum atomic E-state index is 0.214. The summed E-state index contributed by atoms with van der Waals surface area (Å²) in [6, 6.07) is 12.9. The molecule has 2 aromatic rings. The molecular weight excluding hydrogens is 254 g/mol. The van der Waals surface area contributed by atoms with Crippen LogP contribution in [0, 0.1) is 0 Å². The van der Waals surface area contributed by atoms with Crippen LogP contribution in [-0.4, -0.2) is 13.7 Å². The third-order valence-corrected chi connectivity index (χ3v) is 4.47. The summed E-state index contributed by atoms with van der Waals surface area (Å²) < 4.78 is 5.49. The number of thiophene rings is 1. The van der Waals surface area contributed by atoms with Crippen LogP contribution in [0.25, 0.3) is 0 Å². The molecule has 19 heavy (non-hydrogen) atoms. The predicted molar refractivity (Wildman–Crippen MR) is 82.2 cm³/mol. The first-order chi connectivity index (χ1) is 9.30. The van der Waals surface area contributed by atoms with Crippen LogP contribution in [0.4, 0.5) is 0 Å². The van der Waals surface area contributed by atoms with Crippen LogP contribution in [0.2, 0.25) is 0 Å². The van der Waals surface area contributed by atoms with Crippen LogP contribution in [0.5, 0.6) is 5.75 Å². The largest absolute Gasteiger partial charge is 0.496 e. The maximum absolute atomic E-state index is 5.49. The molecule has 0 radical (unpaired) electrons. The second kappa shape index (κ2) is 6.73. The van der Waals surface area contributed by atoms with E-state index >= 15 is 0 Å². The summed E-state index contributed by atoms with van der Waals surface area (Å²) in [5, 5.41) is 3.56. The first kappa shape index (κ1) is 14.1. The molecule has 1 N–H and O–H groups in total. The Hall–Kier alpha value is -1.32. The van der Waals surface area contributed by atoms with Gasteiger partial charge in [-0.1, -0.05) is 32.0 Å². The monoisotopic (exact) mass is 275 g/mol. The van der Waals surface area contributed by atoms with Crippen molar-refractivity contribution >= 4 is 11.3 Å². The van der Waals surface area contributed by atoms with Gasteiger partial charge >= 0.3 is 0 Å². The van der Waals surface area contributed by atoms with E-state index < -0.39 is 0 Å². The number of benzene rings is 1. The maximum Gasteiger partial charge on any atom is 0.124 e. The lowest BCUT2D eigenvalue weighted by Crippen LogP contribution is -2.21. The Morgan fingerprint density at radius 2 is 1.95 bits per heavy atom. The highest BCUT2D eigenvalue weighted by Crippen LogP contribution is 2.33. The summed E-state index contributed by atoms with van der Waals surface area (Å²) >= 11 is 1.88. The average molecular weight is 275 g/mol. The van der Waals surface area contributed by atoms with Crippen molar-refractivity contribution in [2.45, 2.75) is 26.3 Å². The van der Waals surface area contributed by atoms with Crippen molar-refractivity contribution in [2.24, 2.45) is 0 Å². The fraction of sp³-hybridized carbons (Fsp3) is 0.375. The Kier molecular flexibility index (Phi) is 5.00. The van der Waals surface area contributed by atoms with E-state index in [9.17, 15) is 0 Å². The van der Waals surface area contributed by atoms with Crippen LogP contribution in [0.3, 0.4) is 0 Å². The van der Waals surface area contributed by atoms with E-state index in [1.165, 1.54) is 15.3 Å². The van der Waals surface area contributed by atoms with E-state index in [1.54, 1.807) is 7.11 Å². The normalized spacial score (nSPS) is 12.4. The quantitative estimate of drug-likeness (QED) is 0.860. The van der Waals surface area contributed by atoms with Gasteiger partial charge in [-0.3, -0.25) is 0 Å². The van der Waals surface area contributed by atoms with E-state index in [0.29, 0.717) is 0 Å². The molecule has 0 aliphatic heterocycles. The first-order valence-corrected chi connectivity index (χ1v) is 7.56. The SMILES string of the molecule is CCNC(c1ccc(CC)s1)c1ccccc1OC. The number of ether oxygens (including phenoxy) is 1. The van der Waals surface area contributed by atoms with E-state index in [1.807, 2.05) is 23.5 Å². The Bertz CT molecular complexity index is 521. The van der Waals surface area contributed by atoms with Gasteiger partial charge in [0.2, 0.25) is 0 Å². The van der Waals surface area contributed by atoms with Crippen LogP contribution >= 0.6 is 11.3 Å². The molecule has 0 fully saturated rings. The zero-order valence-corrected chi connectivity index (χ0v) is 12.6. The molecule has 0 saturated heterocycles. The van der Waals surface area contributed by atoms with Crippen molar-refractivity contribution in [3.63, 3.8) is 0 Å².